The van der Waals surface area contributed by atoms with Crippen LogP contribution >= 0.6 is 0 Å². The zero-order chi connectivity index (χ0) is 9.52. The molecule has 1 heterocycles. The molecule has 1 rings (SSSR count). The van der Waals surface area contributed by atoms with Crippen LogP contribution in [0.15, 0.2) is 0 Å². The quantitative estimate of drug-likeness (QED) is 0.503. The summed E-state index contributed by atoms with van der Waals surface area (Å²) in [5.74, 6) is -0.686. The molecule has 1 aliphatic heterocycles. The number of rotatable bonds is 2. The molecule has 13 heavy (non-hydrogen) atoms. The van der Waals surface area contributed by atoms with Crippen molar-refractivity contribution in [2.24, 2.45) is 0 Å². The van der Waals surface area contributed by atoms with Crippen LogP contribution in [0.3, 0.4) is 0 Å². The minimum atomic E-state index is -0.686. The molecule has 0 spiro atoms. The van der Waals surface area contributed by atoms with E-state index in [1.54, 1.807) is 0 Å². The number of hydrogen-bond donors (Lipinski definition) is 1. The molecule has 0 aromatic carbocycles. The smallest absolute Gasteiger partial charge is 0.334 e. The summed E-state index contributed by atoms with van der Waals surface area (Å²) in [6, 6.07) is 0. The zero-order valence-corrected chi connectivity index (χ0v) is 7.40. The van der Waals surface area contributed by atoms with Crippen LogP contribution in [0.1, 0.15) is 25.7 Å². The van der Waals surface area contributed by atoms with Gasteiger partial charge in [-0.15, -0.1) is 0 Å². The first-order chi connectivity index (χ1) is 6.33. The molecular weight excluding hydrogens is 176 g/mol. The number of ether oxygens (including phenoxy) is 1. The fourth-order valence-electron chi connectivity index (χ4n) is 1.08. The molecule has 5 heteroatoms. The van der Waals surface area contributed by atoms with Crippen LogP contribution in [0.4, 0.5) is 0 Å². The molecule has 1 aliphatic rings. The molecule has 1 unspecified atom stereocenters. The molecule has 76 valence electrons. The van der Waals surface area contributed by atoms with E-state index in [1.165, 1.54) is 0 Å². The van der Waals surface area contributed by atoms with Gasteiger partial charge in [-0.1, -0.05) is 6.42 Å². The Morgan fingerprint density at radius 2 is 2.31 bits per heavy atom. The molecular formula is C8H14O5. The highest BCUT2D eigenvalue weighted by Gasteiger charge is 2.16. The summed E-state index contributed by atoms with van der Waals surface area (Å²) in [6.07, 6.45) is 2.88. The van der Waals surface area contributed by atoms with Crippen LogP contribution in [0.5, 0.6) is 0 Å². The maximum atomic E-state index is 10.7. The fraction of sp³-hybridized carbons (Fsp3) is 0.875. The molecule has 0 aromatic rings. The van der Waals surface area contributed by atoms with Crippen molar-refractivity contribution in [3.8, 4) is 0 Å². The first kappa shape index (κ1) is 10.4. The van der Waals surface area contributed by atoms with E-state index in [4.69, 9.17) is 19.6 Å². The minimum Gasteiger partial charge on any atom is -0.431 e. The van der Waals surface area contributed by atoms with Gasteiger partial charge in [0.1, 0.15) is 6.61 Å². The predicted octanol–water partition coefficient (Wildman–Crippen LogP) is 0.370. The van der Waals surface area contributed by atoms with E-state index in [-0.39, 0.29) is 0 Å². The molecule has 0 aromatic heterocycles. The summed E-state index contributed by atoms with van der Waals surface area (Å²) in [7, 11) is 0. The summed E-state index contributed by atoms with van der Waals surface area (Å²) >= 11 is 0. The molecule has 0 bridgehead atoms. The van der Waals surface area contributed by atoms with Gasteiger partial charge in [-0.2, -0.15) is 4.89 Å². The van der Waals surface area contributed by atoms with Crippen molar-refractivity contribution in [3.63, 3.8) is 0 Å². The van der Waals surface area contributed by atoms with E-state index in [0.29, 0.717) is 13.0 Å². The SMILES string of the molecule is O=C(CO)OC1CCCCCOO1. The number of aliphatic hydroxyl groups excluding tert-OH is 1. The van der Waals surface area contributed by atoms with Gasteiger partial charge in [0.05, 0.1) is 6.61 Å². The topological polar surface area (TPSA) is 65.0 Å². The number of hydrogen-bond acceptors (Lipinski definition) is 5. The van der Waals surface area contributed by atoms with Crippen LogP contribution in [-0.4, -0.2) is 30.6 Å². The van der Waals surface area contributed by atoms with Gasteiger partial charge in [-0.25, -0.2) is 9.68 Å². The first-order valence-corrected chi connectivity index (χ1v) is 4.41. The standard InChI is InChI=1S/C8H14O5/c9-6-7(10)12-8-4-2-1-3-5-11-13-8/h8-9H,1-6H2. The Morgan fingerprint density at radius 1 is 1.46 bits per heavy atom. The molecule has 0 radical (unpaired) electrons. The van der Waals surface area contributed by atoms with Crippen molar-refractivity contribution in [1.82, 2.24) is 0 Å². The summed E-state index contributed by atoms with van der Waals surface area (Å²) in [5, 5.41) is 8.42. The molecule has 1 atom stereocenters. The third-order valence-corrected chi connectivity index (χ3v) is 1.73. The van der Waals surface area contributed by atoms with Crippen molar-refractivity contribution >= 4 is 5.97 Å². The fourth-order valence-corrected chi connectivity index (χ4v) is 1.08. The molecule has 1 saturated heterocycles. The third kappa shape index (κ3) is 4.21. The first-order valence-electron chi connectivity index (χ1n) is 4.41. The van der Waals surface area contributed by atoms with Crippen LogP contribution in [-0.2, 0) is 19.3 Å². The second-order valence-electron chi connectivity index (χ2n) is 2.85. The lowest BCUT2D eigenvalue weighted by Crippen LogP contribution is -2.24. The van der Waals surface area contributed by atoms with Gasteiger partial charge in [0.2, 0.25) is 6.29 Å². The van der Waals surface area contributed by atoms with Crippen molar-refractivity contribution in [1.29, 1.82) is 0 Å². The van der Waals surface area contributed by atoms with Crippen LogP contribution in [0.2, 0.25) is 0 Å². The summed E-state index contributed by atoms with van der Waals surface area (Å²) in [6.45, 7) is -0.104. The second-order valence-corrected chi connectivity index (χ2v) is 2.85. The Hall–Kier alpha value is -0.650. The van der Waals surface area contributed by atoms with Gasteiger partial charge >= 0.3 is 5.97 Å². The monoisotopic (exact) mass is 190 g/mol. The maximum Gasteiger partial charge on any atom is 0.334 e. The van der Waals surface area contributed by atoms with E-state index in [0.717, 1.165) is 19.3 Å². The minimum absolute atomic E-state index is 0.521. The number of carbonyl (C=O) groups is 1. The van der Waals surface area contributed by atoms with Crippen LogP contribution in [0.25, 0.3) is 0 Å². The molecule has 1 N–H and O–H groups in total. The van der Waals surface area contributed by atoms with E-state index in [9.17, 15) is 4.79 Å². The lowest BCUT2D eigenvalue weighted by atomic mass is 10.2. The Balaban J connectivity index is 2.25. The average Bonchev–Trinajstić information content (AvgIpc) is 2.09. The molecule has 0 aliphatic carbocycles. The van der Waals surface area contributed by atoms with Crippen molar-refractivity contribution < 1.29 is 24.4 Å². The largest absolute Gasteiger partial charge is 0.431 e. The van der Waals surface area contributed by atoms with Crippen LogP contribution in [0, 0.1) is 0 Å². The van der Waals surface area contributed by atoms with Gasteiger partial charge in [0, 0.05) is 6.42 Å². The summed E-state index contributed by atoms with van der Waals surface area (Å²) in [5.41, 5.74) is 0. The van der Waals surface area contributed by atoms with E-state index >= 15 is 0 Å². The number of carbonyl (C=O) groups excluding carboxylic acids is 1. The van der Waals surface area contributed by atoms with E-state index in [1.807, 2.05) is 0 Å². The van der Waals surface area contributed by atoms with E-state index in [2.05, 4.69) is 0 Å². The van der Waals surface area contributed by atoms with Gasteiger partial charge in [-0.05, 0) is 12.8 Å². The number of aliphatic hydroxyl groups is 1. The van der Waals surface area contributed by atoms with Crippen molar-refractivity contribution in [3.05, 3.63) is 0 Å². The normalized spacial score (nSPS) is 24.5. The van der Waals surface area contributed by atoms with Gasteiger partial charge in [0.25, 0.3) is 0 Å². The highest BCUT2D eigenvalue weighted by atomic mass is 17.2. The second kappa shape index (κ2) is 5.90. The van der Waals surface area contributed by atoms with E-state index < -0.39 is 18.9 Å². The Labute approximate surface area is 76.5 Å². The third-order valence-electron chi connectivity index (χ3n) is 1.73. The average molecular weight is 190 g/mol. The Kier molecular flexibility index (Phi) is 4.74. The summed E-state index contributed by atoms with van der Waals surface area (Å²) < 4.78 is 4.74. The maximum absolute atomic E-state index is 10.7. The Morgan fingerprint density at radius 3 is 3.08 bits per heavy atom. The lowest BCUT2D eigenvalue weighted by molar-refractivity contribution is -0.375. The Bertz CT molecular complexity index is 151. The van der Waals surface area contributed by atoms with Crippen LogP contribution < -0.4 is 0 Å². The van der Waals surface area contributed by atoms with Crippen molar-refractivity contribution in [2.45, 2.75) is 32.0 Å². The molecule has 1 fully saturated rings. The highest BCUT2D eigenvalue weighted by Crippen LogP contribution is 2.12. The molecule has 5 nitrogen and oxygen atoms in total. The van der Waals surface area contributed by atoms with Crippen molar-refractivity contribution in [2.75, 3.05) is 13.2 Å². The predicted molar refractivity (Wildman–Crippen MR) is 42.5 cm³/mol. The van der Waals surface area contributed by atoms with Gasteiger partial charge < -0.3 is 9.84 Å². The number of esters is 1. The molecule has 0 amide bonds. The zero-order valence-electron chi connectivity index (χ0n) is 7.40. The highest BCUT2D eigenvalue weighted by molar-refractivity contribution is 5.70. The summed E-state index contributed by atoms with van der Waals surface area (Å²) in [4.78, 5) is 20.2. The van der Waals surface area contributed by atoms with Gasteiger partial charge in [-0.3, -0.25) is 0 Å². The molecule has 0 saturated carbocycles. The van der Waals surface area contributed by atoms with Gasteiger partial charge in [0.15, 0.2) is 0 Å². The lowest BCUT2D eigenvalue weighted by Gasteiger charge is -2.18.